The maximum Gasteiger partial charge on any atom is 0.222 e. The molecule has 66 valence electrons. The third-order valence-corrected chi connectivity index (χ3v) is 1.94. The van der Waals surface area contributed by atoms with Gasteiger partial charge in [0.1, 0.15) is 0 Å². The van der Waals surface area contributed by atoms with E-state index in [4.69, 9.17) is 5.11 Å². The Morgan fingerprint density at radius 2 is 2.33 bits per heavy atom. The molecule has 0 amide bonds. The summed E-state index contributed by atoms with van der Waals surface area (Å²) in [6, 6.07) is 0. The van der Waals surface area contributed by atoms with Crippen LogP contribution < -0.4 is 0 Å². The SMILES string of the molecule is CSc1ncc(C(C)O)c(F)n1. The molecule has 1 rings (SSSR count). The summed E-state index contributed by atoms with van der Waals surface area (Å²) in [6.45, 7) is 1.47. The van der Waals surface area contributed by atoms with Gasteiger partial charge in [-0.2, -0.15) is 9.37 Å². The van der Waals surface area contributed by atoms with Crippen LogP contribution in [-0.4, -0.2) is 21.3 Å². The number of halogens is 1. The highest BCUT2D eigenvalue weighted by Gasteiger charge is 2.10. The summed E-state index contributed by atoms with van der Waals surface area (Å²) >= 11 is 1.26. The first-order chi connectivity index (χ1) is 5.65. The second-order valence-electron chi connectivity index (χ2n) is 2.28. The number of aliphatic hydroxyl groups excluding tert-OH is 1. The van der Waals surface area contributed by atoms with E-state index >= 15 is 0 Å². The quantitative estimate of drug-likeness (QED) is 0.433. The molecular formula is C7H9FN2OS. The van der Waals surface area contributed by atoms with Gasteiger partial charge in [0.2, 0.25) is 5.95 Å². The van der Waals surface area contributed by atoms with E-state index in [-0.39, 0.29) is 5.56 Å². The summed E-state index contributed by atoms with van der Waals surface area (Å²) in [5, 5.41) is 9.41. The lowest BCUT2D eigenvalue weighted by Gasteiger charge is -2.04. The van der Waals surface area contributed by atoms with Gasteiger partial charge >= 0.3 is 0 Å². The summed E-state index contributed by atoms with van der Waals surface area (Å²) in [5.74, 6) is -0.649. The van der Waals surface area contributed by atoms with Crippen LogP contribution in [0.15, 0.2) is 11.4 Å². The Morgan fingerprint density at radius 3 is 2.75 bits per heavy atom. The Morgan fingerprint density at radius 1 is 1.67 bits per heavy atom. The number of hydrogen-bond acceptors (Lipinski definition) is 4. The number of hydrogen-bond donors (Lipinski definition) is 1. The van der Waals surface area contributed by atoms with Crippen molar-refractivity contribution in [2.75, 3.05) is 6.26 Å². The molecule has 3 nitrogen and oxygen atoms in total. The van der Waals surface area contributed by atoms with Crippen LogP contribution in [0.5, 0.6) is 0 Å². The van der Waals surface area contributed by atoms with Crippen LogP contribution in [0.2, 0.25) is 0 Å². The highest BCUT2D eigenvalue weighted by atomic mass is 32.2. The molecule has 1 unspecified atom stereocenters. The summed E-state index contributed by atoms with van der Waals surface area (Å²) in [6.07, 6.45) is 2.20. The van der Waals surface area contributed by atoms with Crippen molar-refractivity contribution in [3.8, 4) is 0 Å². The van der Waals surface area contributed by atoms with Gasteiger partial charge in [-0.15, -0.1) is 0 Å². The fourth-order valence-electron chi connectivity index (χ4n) is 0.734. The van der Waals surface area contributed by atoms with Gasteiger partial charge in [-0.1, -0.05) is 11.8 Å². The highest BCUT2D eigenvalue weighted by Crippen LogP contribution is 2.16. The van der Waals surface area contributed by atoms with Crippen LogP contribution >= 0.6 is 11.8 Å². The molecule has 0 radical (unpaired) electrons. The first kappa shape index (κ1) is 9.41. The van der Waals surface area contributed by atoms with Crippen LogP contribution in [-0.2, 0) is 0 Å². The predicted molar refractivity (Wildman–Crippen MR) is 44.4 cm³/mol. The first-order valence-electron chi connectivity index (χ1n) is 3.39. The molecule has 0 saturated heterocycles. The maximum atomic E-state index is 13.0. The summed E-state index contributed by atoms with van der Waals surface area (Å²) in [5.41, 5.74) is 0.132. The second kappa shape index (κ2) is 3.82. The molecule has 12 heavy (non-hydrogen) atoms. The number of aromatic nitrogens is 2. The summed E-state index contributed by atoms with van der Waals surface area (Å²) in [4.78, 5) is 7.37. The van der Waals surface area contributed by atoms with Crippen molar-refractivity contribution in [3.63, 3.8) is 0 Å². The van der Waals surface area contributed by atoms with Crippen molar-refractivity contribution in [2.45, 2.75) is 18.2 Å². The van der Waals surface area contributed by atoms with E-state index in [2.05, 4.69) is 9.97 Å². The van der Waals surface area contributed by atoms with E-state index < -0.39 is 12.1 Å². The fourth-order valence-corrected chi connectivity index (χ4v) is 1.06. The molecule has 0 aliphatic heterocycles. The third kappa shape index (κ3) is 1.92. The van der Waals surface area contributed by atoms with Crippen molar-refractivity contribution in [1.82, 2.24) is 9.97 Å². The van der Waals surface area contributed by atoms with Gasteiger partial charge in [-0.05, 0) is 13.2 Å². The molecule has 1 aromatic heterocycles. The molecule has 5 heteroatoms. The van der Waals surface area contributed by atoms with Crippen LogP contribution in [0.3, 0.4) is 0 Å². The van der Waals surface area contributed by atoms with Gasteiger partial charge in [0.25, 0.3) is 0 Å². The van der Waals surface area contributed by atoms with Crippen LogP contribution in [0, 0.1) is 5.95 Å². The number of nitrogens with zero attached hydrogens (tertiary/aromatic N) is 2. The largest absolute Gasteiger partial charge is 0.388 e. The number of thioether (sulfide) groups is 1. The zero-order valence-corrected chi connectivity index (χ0v) is 7.60. The number of aliphatic hydroxyl groups is 1. The van der Waals surface area contributed by atoms with Gasteiger partial charge in [-0.3, -0.25) is 0 Å². The summed E-state index contributed by atoms with van der Waals surface area (Å²) in [7, 11) is 0. The van der Waals surface area contributed by atoms with Gasteiger partial charge < -0.3 is 5.11 Å². The average molecular weight is 188 g/mol. The Bertz CT molecular complexity index is 280. The van der Waals surface area contributed by atoms with Crippen LogP contribution in [0.1, 0.15) is 18.6 Å². The lowest BCUT2D eigenvalue weighted by molar-refractivity contribution is 0.191. The lowest BCUT2D eigenvalue weighted by Crippen LogP contribution is -2.01. The van der Waals surface area contributed by atoms with Crippen molar-refractivity contribution >= 4 is 11.8 Å². The molecule has 0 saturated carbocycles. The zero-order valence-electron chi connectivity index (χ0n) is 6.78. The topological polar surface area (TPSA) is 46.0 Å². The van der Waals surface area contributed by atoms with E-state index in [1.807, 2.05) is 0 Å². The van der Waals surface area contributed by atoms with E-state index in [1.165, 1.54) is 24.9 Å². The molecule has 1 heterocycles. The molecule has 0 bridgehead atoms. The number of rotatable bonds is 2. The molecule has 1 atom stereocenters. The van der Waals surface area contributed by atoms with Gasteiger partial charge in [-0.25, -0.2) is 4.98 Å². The van der Waals surface area contributed by atoms with Crippen molar-refractivity contribution < 1.29 is 9.50 Å². The van der Waals surface area contributed by atoms with Gasteiger partial charge in [0, 0.05) is 6.20 Å². The fraction of sp³-hybridized carbons (Fsp3) is 0.429. The molecule has 0 spiro atoms. The van der Waals surface area contributed by atoms with Crippen molar-refractivity contribution in [2.24, 2.45) is 0 Å². The monoisotopic (exact) mass is 188 g/mol. The maximum absolute atomic E-state index is 13.0. The Labute approximate surface area is 74.0 Å². The van der Waals surface area contributed by atoms with Crippen molar-refractivity contribution in [3.05, 3.63) is 17.7 Å². The molecule has 1 aromatic rings. The highest BCUT2D eigenvalue weighted by molar-refractivity contribution is 7.98. The zero-order chi connectivity index (χ0) is 9.14. The molecule has 0 aliphatic carbocycles. The Kier molecular flexibility index (Phi) is 2.99. The molecule has 1 N–H and O–H groups in total. The van der Waals surface area contributed by atoms with E-state index in [0.29, 0.717) is 5.16 Å². The van der Waals surface area contributed by atoms with E-state index in [9.17, 15) is 4.39 Å². The minimum atomic E-state index is -0.860. The second-order valence-corrected chi connectivity index (χ2v) is 3.05. The summed E-state index contributed by atoms with van der Waals surface area (Å²) < 4.78 is 13.0. The van der Waals surface area contributed by atoms with E-state index in [0.717, 1.165) is 0 Å². The molecule has 0 aromatic carbocycles. The van der Waals surface area contributed by atoms with Crippen LogP contribution in [0.4, 0.5) is 4.39 Å². The van der Waals surface area contributed by atoms with Gasteiger partial charge in [0.05, 0.1) is 11.7 Å². The normalized spacial score (nSPS) is 13.0. The average Bonchev–Trinajstić information content (AvgIpc) is 2.03. The van der Waals surface area contributed by atoms with Crippen molar-refractivity contribution in [1.29, 1.82) is 0 Å². The van der Waals surface area contributed by atoms with E-state index in [1.54, 1.807) is 6.26 Å². The molecule has 0 aliphatic rings. The minimum absolute atomic E-state index is 0.132. The standard InChI is InChI=1S/C7H9FN2OS/c1-4(11)5-3-9-7(12-2)10-6(5)8/h3-4,11H,1-2H3. The minimum Gasteiger partial charge on any atom is -0.388 e. The Balaban J connectivity index is 3.03. The predicted octanol–water partition coefficient (Wildman–Crippen LogP) is 1.39. The first-order valence-corrected chi connectivity index (χ1v) is 4.62. The lowest BCUT2D eigenvalue weighted by atomic mass is 10.2. The smallest absolute Gasteiger partial charge is 0.222 e. The third-order valence-electron chi connectivity index (χ3n) is 1.38. The van der Waals surface area contributed by atoms with Crippen LogP contribution in [0.25, 0.3) is 0 Å². The Hall–Kier alpha value is -0.680. The molecule has 0 fully saturated rings. The van der Waals surface area contributed by atoms with Gasteiger partial charge in [0.15, 0.2) is 5.16 Å². The molecular weight excluding hydrogens is 179 g/mol.